The first-order chi connectivity index (χ1) is 15.7. The van der Waals surface area contributed by atoms with E-state index in [0.29, 0.717) is 5.28 Å². The average molecular weight is 461 g/mol. The van der Waals surface area contributed by atoms with Crippen LogP contribution in [0.2, 0.25) is 5.28 Å². The summed E-state index contributed by atoms with van der Waals surface area (Å²) < 4.78 is 0. The minimum Gasteiger partial charge on any atom is -0.353 e. The van der Waals surface area contributed by atoms with Crippen LogP contribution in [0.5, 0.6) is 0 Å². The number of hydrogen-bond acceptors (Lipinski definition) is 5. The minimum absolute atomic E-state index is 0.318. The van der Waals surface area contributed by atoms with Gasteiger partial charge in [-0.2, -0.15) is 4.98 Å². The monoisotopic (exact) mass is 460 g/mol. The van der Waals surface area contributed by atoms with Gasteiger partial charge in [0, 0.05) is 43.7 Å². The van der Waals surface area contributed by atoms with Gasteiger partial charge in [0.15, 0.2) is 0 Å². The zero-order valence-corrected chi connectivity index (χ0v) is 19.6. The van der Waals surface area contributed by atoms with E-state index in [9.17, 15) is 0 Å². The first-order valence-corrected chi connectivity index (χ1v) is 12.1. The molecule has 2 aromatic carbocycles. The molecule has 1 aliphatic rings. The van der Waals surface area contributed by atoms with Crippen molar-refractivity contribution in [3.8, 4) is 11.1 Å². The number of piperazine rings is 1. The maximum Gasteiger partial charge on any atom is 0.225 e. The van der Waals surface area contributed by atoms with E-state index in [1.54, 1.807) is 11.3 Å². The third kappa shape index (κ3) is 4.56. The van der Waals surface area contributed by atoms with E-state index in [-0.39, 0.29) is 0 Å². The lowest BCUT2D eigenvalue weighted by molar-refractivity contribution is 0.284. The summed E-state index contributed by atoms with van der Waals surface area (Å²) in [6, 6.07) is 19.1. The molecule has 0 aliphatic carbocycles. The second-order valence-corrected chi connectivity index (χ2v) is 9.31. The molecule has 1 fully saturated rings. The summed E-state index contributed by atoms with van der Waals surface area (Å²) in [6.07, 6.45) is 4.44. The largest absolute Gasteiger partial charge is 0.353 e. The van der Waals surface area contributed by atoms with Crippen LogP contribution in [0.4, 0.5) is 5.82 Å². The van der Waals surface area contributed by atoms with Crippen LogP contribution in [-0.4, -0.2) is 47.6 Å². The van der Waals surface area contributed by atoms with Crippen LogP contribution in [0.15, 0.2) is 66.1 Å². The van der Waals surface area contributed by atoms with Gasteiger partial charge in [0.05, 0.1) is 5.39 Å². The summed E-state index contributed by atoms with van der Waals surface area (Å²) in [6.45, 7) is 6.89. The molecule has 0 saturated carbocycles. The molecule has 1 saturated heterocycles. The van der Waals surface area contributed by atoms with Gasteiger partial charge in [-0.1, -0.05) is 72.3 Å². The fourth-order valence-corrected chi connectivity index (χ4v) is 5.27. The summed E-state index contributed by atoms with van der Waals surface area (Å²) in [5.41, 5.74) is 4.87. The first kappa shape index (κ1) is 21.1. The van der Waals surface area contributed by atoms with Crippen molar-refractivity contribution in [2.24, 2.45) is 0 Å². The Morgan fingerprint density at radius 2 is 1.72 bits per heavy atom. The molecular weight excluding hydrogens is 436 g/mol. The van der Waals surface area contributed by atoms with Crippen LogP contribution in [0.25, 0.3) is 27.4 Å². The van der Waals surface area contributed by atoms with E-state index >= 15 is 0 Å². The molecule has 2 aromatic heterocycles. The highest BCUT2D eigenvalue weighted by molar-refractivity contribution is 7.17. The molecular formula is C26H25ClN4S. The maximum atomic E-state index is 6.31. The number of benzene rings is 2. The summed E-state index contributed by atoms with van der Waals surface area (Å²) >= 11 is 7.95. The van der Waals surface area contributed by atoms with E-state index < -0.39 is 0 Å². The van der Waals surface area contributed by atoms with Gasteiger partial charge in [0.25, 0.3) is 0 Å². The molecule has 32 heavy (non-hydrogen) atoms. The zero-order chi connectivity index (χ0) is 21.9. The van der Waals surface area contributed by atoms with Gasteiger partial charge in [-0.15, -0.1) is 11.3 Å². The van der Waals surface area contributed by atoms with E-state index in [1.807, 2.05) is 6.07 Å². The summed E-state index contributed by atoms with van der Waals surface area (Å²) in [5, 5.41) is 3.60. The topological polar surface area (TPSA) is 32.3 Å². The molecule has 6 heteroatoms. The van der Waals surface area contributed by atoms with Crippen molar-refractivity contribution >= 4 is 45.0 Å². The minimum atomic E-state index is 0.318. The summed E-state index contributed by atoms with van der Waals surface area (Å²) in [5.74, 6) is 0.955. The van der Waals surface area contributed by atoms with Crippen molar-refractivity contribution in [2.75, 3.05) is 37.6 Å². The molecule has 3 heterocycles. The molecule has 4 aromatic rings. The van der Waals surface area contributed by atoms with Crippen molar-refractivity contribution in [3.05, 3.63) is 82.5 Å². The van der Waals surface area contributed by atoms with Crippen molar-refractivity contribution in [1.29, 1.82) is 0 Å². The van der Waals surface area contributed by atoms with Crippen LogP contribution < -0.4 is 4.90 Å². The third-order valence-corrected chi connectivity index (χ3v) is 6.94. The summed E-state index contributed by atoms with van der Waals surface area (Å²) in [4.78, 5) is 15.0. The lowest BCUT2D eigenvalue weighted by atomic mass is 10.0. The molecule has 1 aliphatic heterocycles. The van der Waals surface area contributed by atoms with Crippen molar-refractivity contribution in [3.63, 3.8) is 0 Å². The smallest absolute Gasteiger partial charge is 0.225 e. The van der Waals surface area contributed by atoms with Gasteiger partial charge >= 0.3 is 0 Å². The molecule has 0 amide bonds. The molecule has 0 N–H and O–H groups in total. The van der Waals surface area contributed by atoms with Crippen molar-refractivity contribution in [1.82, 2.24) is 14.9 Å². The third-order valence-electron chi connectivity index (χ3n) is 5.90. The Morgan fingerprint density at radius 1 is 0.969 bits per heavy atom. The van der Waals surface area contributed by atoms with E-state index in [4.69, 9.17) is 11.6 Å². The molecule has 162 valence electrons. The molecule has 0 spiro atoms. The van der Waals surface area contributed by atoms with Crippen LogP contribution in [-0.2, 0) is 0 Å². The van der Waals surface area contributed by atoms with Gasteiger partial charge in [-0.25, -0.2) is 4.98 Å². The van der Waals surface area contributed by atoms with Gasteiger partial charge in [-0.3, -0.25) is 4.90 Å². The fraction of sp³-hybridized carbons (Fsp3) is 0.231. The molecule has 0 atom stereocenters. The Bertz CT molecular complexity index is 1230. The quantitative estimate of drug-likeness (QED) is 0.334. The fourth-order valence-electron chi connectivity index (χ4n) is 4.12. The van der Waals surface area contributed by atoms with Crippen LogP contribution in [0, 0.1) is 6.92 Å². The molecule has 0 unspecified atom stereocenters. The Hall–Kier alpha value is -2.73. The molecule has 0 radical (unpaired) electrons. The lowest BCUT2D eigenvalue weighted by Gasteiger charge is -2.35. The van der Waals surface area contributed by atoms with E-state index in [2.05, 4.69) is 92.8 Å². The molecule has 4 nitrogen and oxygen atoms in total. The number of rotatable bonds is 5. The van der Waals surface area contributed by atoms with E-state index in [1.165, 1.54) is 22.3 Å². The van der Waals surface area contributed by atoms with Crippen molar-refractivity contribution < 1.29 is 0 Å². The number of anilines is 1. The SMILES string of the molecule is Cc1ccc(-c2csc3nc(Cl)nc(N4CCN(C/C=C/c5ccccc5)CC4)c23)cc1. The number of halogens is 1. The second kappa shape index (κ2) is 9.41. The van der Waals surface area contributed by atoms with Crippen LogP contribution in [0.3, 0.4) is 0 Å². The number of fused-ring (bicyclic) bond motifs is 1. The number of aromatic nitrogens is 2. The highest BCUT2D eigenvalue weighted by atomic mass is 35.5. The van der Waals surface area contributed by atoms with Gasteiger partial charge in [0.1, 0.15) is 10.6 Å². The predicted octanol–water partition coefficient (Wildman–Crippen LogP) is 6.16. The second-order valence-electron chi connectivity index (χ2n) is 8.11. The highest BCUT2D eigenvalue weighted by Crippen LogP contribution is 2.39. The Balaban J connectivity index is 1.34. The average Bonchev–Trinajstić information content (AvgIpc) is 3.24. The Kier molecular flexibility index (Phi) is 6.21. The number of hydrogen-bond donors (Lipinski definition) is 0. The van der Waals surface area contributed by atoms with Gasteiger partial charge in [-0.05, 0) is 29.7 Å². The standard InChI is InChI=1S/C26H25ClN4S/c1-19-9-11-21(12-10-19)22-18-32-25-23(22)24(28-26(27)29-25)31-16-14-30(15-17-31)13-5-8-20-6-3-2-4-7-20/h2-12,18H,13-17H2,1H3/b8-5+. The maximum absolute atomic E-state index is 6.31. The lowest BCUT2D eigenvalue weighted by Crippen LogP contribution is -2.46. The van der Waals surface area contributed by atoms with Gasteiger partial charge < -0.3 is 4.90 Å². The predicted molar refractivity (Wildman–Crippen MR) is 137 cm³/mol. The van der Waals surface area contributed by atoms with Crippen LogP contribution >= 0.6 is 22.9 Å². The Labute approximate surface area is 197 Å². The van der Waals surface area contributed by atoms with Crippen molar-refractivity contribution in [2.45, 2.75) is 6.92 Å². The number of nitrogens with zero attached hydrogens (tertiary/aromatic N) is 4. The molecule has 5 rings (SSSR count). The van der Waals surface area contributed by atoms with Gasteiger partial charge in [0.2, 0.25) is 5.28 Å². The van der Waals surface area contributed by atoms with E-state index in [0.717, 1.165) is 48.8 Å². The normalized spacial score (nSPS) is 15.1. The van der Waals surface area contributed by atoms with Crippen LogP contribution in [0.1, 0.15) is 11.1 Å². The molecule has 0 bridgehead atoms. The number of thiophene rings is 1. The highest BCUT2D eigenvalue weighted by Gasteiger charge is 2.23. The first-order valence-electron chi connectivity index (χ1n) is 10.9. The summed E-state index contributed by atoms with van der Waals surface area (Å²) in [7, 11) is 0. The zero-order valence-electron chi connectivity index (χ0n) is 18.0. The Morgan fingerprint density at radius 3 is 2.47 bits per heavy atom. The number of aryl methyl sites for hydroxylation is 1.